The third-order valence-electron chi connectivity index (χ3n) is 3.20. The second-order valence-electron chi connectivity index (χ2n) is 4.61. The molecule has 2 aliphatic heterocycles. The highest BCUT2D eigenvalue weighted by Crippen LogP contribution is 2.21. The Morgan fingerprint density at radius 3 is 2.72 bits per heavy atom. The van der Waals surface area contributed by atoms with Crippen molar-refractivity contribution in [2.24, 2.45) is 0 Å². The summed E-state index contributed by atoms with van der Waals surface area (Å²) >= 11 is 0. The largest absolute Gasteiger partial charge is 0.332 e. The first-order valence-corrected chi connectivity index (χ1v) is 6.29. The van der Waals surface area contributed by atoms with Crippen molar-refractivity contribution in [2.75, 3.05) is 0 Å². The van der Waals surface area contributed by atoms with Crippen molar-refractivity contribution in [2.45, 2.75) is 19.9 Å². The summed E-state index contributed by atoms with van der Waals surface area (Å²) in [6.07, 6.45) is 3.15. The molecule has 2 heteroatoms. The average molecular weight is 236 g/mol. The zero-order valence-electron chi connectivity index (χ0n) is 10.5. The molecule has 0 radical (unpaired) electrons. The van der Waals surface area contributed by atoms with Gasteiger partial charge in [-0.3, -0.25) is 0 Å². The molecule has 0 saturated carbocycles. The Balaban J connectivity index is 1.83. The van der Waals surface area contributed by atoms with Crippen LogP contribution in [0.4, 0.5) is 0 Å². The van der Waals surface area contributed by atoms with Crippen molar-refractivity contribution in [1.29, 1.82) is 0 Å². The molecule has 18 heavy (non-hydrogen) atoms. The van der Waals surface area contributed by atoms with Crippen LogP contribution in [0.1, 0.15) is 11.3 Å². The van der Waals surface area contributed by atoms with Gasteiger partial charge in [-0.15, -0.1) is 0 Å². The molecule has 0 spiro atoms. The van der Waals surface area contributed by atoms with Crippen LogP contribution in [0, 0.1) is 6.92 Å². The number of rotatable bonds is 3. The standard InChI is InChI=1S/C16H16N2/c1-13-12-15-8-5-10-18(16(15)17-13)11-9-14-6-3-2-4-7-14/h2-8,10,12H,9,11H2,1H3. The Bertz CT molecular complexity index is 610. The lowest BCUT2D eigenvalue weighted by molar-refractivity contribution is 0.689. The van der Waals surface area contributed by atoms with E-state index in [0.717, 1.165) is 24.5 Å². The van der Waals surface area contributed by atoms with Gasteiger partial charge in [0.25, 0.3) is 0 Å². The predicted molar refractivity (Wildman–Crippen MR) is 73.7 cm³/mol. The van der Waals surface area contributed by atoms with Crippen LogP contribution in [0.15, 0.2) is 54.7 Å². The molecule has 1 aromatic rings. The molecular formula is C16H16N2. The van der Waals surface area contributed by atoms with Gasteiger partial charge in [0.05, 0.1) is 0 Å². The van der Waals surface area contributed by atoms with E-state index in [1.54, 1.807) is 0 Å². The van der Waals surface area contributed by atoms with E-state index in [4.69, 9.17) is 0 Å². The van der Waals surface area contributed by atoms with Gasteiger partial charge in [-0.1, -0.05) is 30.3 Å². The van der Waals surface area contributed by atoms with Crippen molar-refractivity contribution < 1.29 is 0 Å². The van der Waals surface area contributed by atoms with Crippen molar-refractivity contribution in [3.63, 3.8) is 0 Å². The van der Waals surface area contributed by atoms with Crippen LogP contribution < -0.4 is 0 Å². The third kappa shape index (κ3) is 2.14. The maximum absolute atomic E-state index is 4.59. The molecule has 2 nitrogen and oxygen atoms in total. The molecule has 2 aliphatic rings. The Hall–Kier alpha value is -2.09. The highest BCUT2D eigenvalue weighted by molar-refractivity contribution is 5.58. The monoisotopic (exact) mass is 236 g/mol. The summed E-state index contributed by atoms with van der Waals surface area (Å²) in [5.41, 5.74) is 3.68. The molecule has 0 saturated heterocycles. The SMILES string of the molecule is Cc1cc2cccn(CCc3ccccc3)c-2n1. The molecule has 0 atom stereocenters. The van der Waals surface area contributed by atoms with Gasteiger partial charge in [-0.2, -0.15) is 0 Å². The third-order valence-corrected chi connectivity index (χ3v) is 3.20. The zero-order chi connectivity index (χ0) is 12.4. The molecule has 3 rings (SSSR count). The number of fused-ring (bicyclic) bond motifs is 1. The number of aromatic nitrogens is 2. The van der Waals surface area contributed by atoms with Gasteiger partial charge in [-0.05, 0) is 37.1 Å². The minimum atomic E-state index is 0.970. The quantitative estimate of drug-likeness (QED) is 0.680. The average Bonchev–Trinajstić information content (AvgIpc) is 2.78. The highest BCUT2D eigenvalue weighted by atomic mass is 15.0. The van der Waals surface area contributed by atoms with Gasteiger partial charge in [0.2, 0.25) is 0 Å². The Morgan fingerprint density at radius 1 is 1.06 bits per heavy atom. The smallest absolute Gasteiger partial charge is 0.140 e. The number of hydrogen-bond donors (Lipinski definition) is 0. The fraction of sp³-hybridized carbons (Fsp3) is 0.188. The first-order valence-electron chi connectivity index (χ1n) is 6.29. The molecule has 0 aromatic heterocycles. The summed E-state index contributed by atoms with van der Waals surface area (Å²) in [5, 5.41) is 0. The first-order chi connectivity index (χ1) is 8.83. The van der Waals surface area contributed by atoms with Gasteiger partial charge >= 0.3 is 0 Å². The lowest BCUT2D eigenvalue weighted by Crippen LogP contribution is -2.05. The summed E-state index contributed by atoms with van der Waals surface area (Å²) < 4.78 is 2.23. The van der Waals surface area contributed by atoms with Crippen LogP contribution in [0.25, 0.3) is 11.4 Å². The molecule has 0 aliphatic carbocycles. The Morgan fingerprint density at radius 2 is 1.89 bits per heavy atom. The number of pyridine rings is 1. The fourth-order valence-corrected chi connectivity index (χ4v) is 2.30. The highest BCUT2D eigenvalue weighted by Gasteiger charge is 2.09. The molecule has 90 valence electrons. The number of nitrogens with zero attached hydrogens (tertiary/aromatic N) is 2. The van der Waals surface area contributed by atoms with Crippen LogP contribution in [0.5, 0.6) is 0 Å². The molecule has 0 N–H and O–H groups in total. The van der Waals surface area contributed by atoms with E-state index in [1.165, 1.54) is 11.1 Å². The second kappa shape index (κ2) is 4.65. The van der Waals surface area contributed by atoms with E-state index >= 15 is 0 Å². The van der Waals surface area contributed by atoms with Crippen LogP contribution in [-0.4, -0.2) is 9.55 Å². The van der Waals surface area contributed by atoms with E-state index in [-0.39, 0.29) is 0 Å². The van der Waals surface area contributed by atoms with Gasteiger partial charge in [0, 0.05) is 24.0 Å². The molecule has 1 aromatic carbocycles. The minimum absolute atomic E-state index is 0.970. The zero-order valence-corrected chi connectivity index (χ0v) is 10.5. The molecule has 0 amide bonds. The minimum Gasteiger partial charge on any atom is -0.332 e. The van der Waals surface area contributed by atoms with Gasteiger partial charge < -0.3 is 4.57 Å². The van der Waals surface area contributed by atoms with E-state index in [1.807, 2.05) is 6.92 Å². The summed E-state index contributed by atoms with van der Waals surface area (Å²) in [7, 11) is 0. The van der Waals surface area contributed by atoms with Crippen LogP contribution >= 0.6 is 0 Å². The van der Waals surface area contributed by atoms with Crippen molar-refractivity contribution >= 4 is 0 Å². The van der Waals surface area contributed by atoms with Crippen molar-refractivity contribution in [3.8, 4) is 11.4 Å². The Kier molecular flexibility index (Phi) is 2.85. The molecule has 2 heterocycles. The summed E-state index contributed by atoms with van der Waals surface area (Å²) in [6.45, 7) is 3.01. The molecular weight excluding hydrogens is 220 g/mol. The fourth-order valence-electron chi connectivity index (χ4n) is 2.30. The van der Waals surface area contributed by atoms with Gasteiger partial charge in [0.1, 0.15) is 5.82 Å². The predicted octanol–water partition coefficient (Wildman–Crippen LogP) is 3.54. The summed E-state index contributed by atoms with van der Waals surface area (Å²) in [4.78, 5) is 4.59. The first kappa shape index (κ1) is 11.0. The number of aryl methyl sites for hydroxylation is 3. The topological polar surface area (TPSA) is 17.8 Å². The van der Waals surface area contributed by atoms with Gasteiger partial charge in [-0.25, -0.2) is 4.98 Å². The second-order valence-corrected chi connectivity index (χ2v) is 4.61. The maximum atomic E-state index is 4.59. The summed E-state index contributed by atoms with van der Waals surface area (Å²) in [5.74, 6) is 1.09. The van der Waals surface area contributed by atoms with E-state index in [2.05, 4.69) is 64.3 Å². The lowest BCUT2D eigenvalue weighted by atomic mass is 10.1. The van der Waals surface area contributed by atoms with Crippen LogP contribution in [-0.2, 0) is 13.0 Å². The van der Waals surface area contributed by atoms with E-state index in [0.29, 0.717) is 0 Å². The van der Waals surface area contributed by atoms with E-state index < -0.39 is 0 Å². The van der Waals surface area contributed by atoms with Crippen LogP contribution in [0.3, 0.4) is 0 Å². The summed E-state index contributed by atoms with van der Waals surface area (Å²) in [6, 6.07) is 16.9. The van der Waals surface area contributed by atoms with Gasteiger partial charge in [0.15, 0.2) is 0 Å². The normalized spacial score (nSPS) is 10.9. The lowest BCUT2D eigenvalue weighted by Gasteiger charge is -2.11. The Labute approximate surface area is 107 Å². The van der Waals surface area contributed by atoms with E-state index in [9.17, 15) is 0 Å². The van der Waals surface area contributed by atoms with Crippen molar-refractivity contribution in [1.82, 2.24) is 9.55 Å². The molecule has 0 bridgehead atoms. The molecule has 0 unspecified atom stereocenters. The maximum Gasteiger partial charge on any atom is 0.140 e. The number of hydrogen-bond acceptors (Lipinski definition) is 1. The molecule has 0 fully saturated rings. The number of benzene rings is 1. The van der Waals surface area contributed by atoms with Crippen molar-refractivity contribution in [3.05, 3.63) is 66.0 Å². The van der Waals surface area contributed by atoms with Crippen LogP contribution in [0.2, 0.25) is 0 Å².